The number of hydrogen-bond acceptors (Lipinski definition) is 3. The lowest BCUT2D eigenvalue weighted by Gasteiger charge is -2.35. The number of nitrogens with one attached hydrogen (secondary N) is 1. The van der Waals surface area contributed by atoms with Crippen molar-refractivity contribution in [3.63, 3.8) is 0 Å². The highest BCUT2D eigenvalue weighted by Crippen LogP contribution is 2.24. The molecule has 1 aliphatic heterocycles. The van der Waals surface area contributed by atoms with Gasteiger partial charge in [-0.25, -0.2) is 0 Å². The Morgan fingerprint density at radius 3 is 2.90 bits per heavy atom. The maximum Gasteiger partial charge on any atom is 0.0748 e. The zero-order valence-electron chi connectivity index (χ0n) is 14.0. The van der Waals surface area contributed by atoms with Gasteiger partial charge in [-0.3, -0.25) is 0 Å². The molecular formula is C18H30N2O. The van der Waals surface area contributed by atoms with E-state index in [9.17, 15) is 0 Å². The number of ether oxygens (including phenoxy) is 1. The van der Waals surface area contributed by atoms with Crippen LogP contribution >= 0.6 is 0 Å². The minimum Gasteiger partial charge on any atom is -0.375 e. The van der Waals surface area contributed by atoms with E-state index >= 15 is 0 Å². The van der Waals surface area contributed by atoms with E-state index in [1.807, 2.05) is 0 Å². The van der Waals surface area contributed by atoms with E-state index in [1.165, 1.54) is 16.8 Å². The van der Waals surface area contributed by atoms with Crippen molar-refractivity contribution < 1.29 is 4.74 Å². The van der Waals surface area contributed by atoms with Gasteiger partial charge in [0.05, 0.1) is 12.7 Å². The van der Waals surface area contributed by atoms with Crippen molar-refractivity contribution in [2.24, 2.45) is 5.92 Å². The van der Waals surface area contributed by atoms with Gasteiger partial charge in [0.1, 0.15) is 0 Å². The number of aryl methyl sites for hydroxylation is 1. The van der Waals surface area contributed by atoms with Crippen LogP contribution in [0.5, 0.6) is 0 Å². The summed E-state index contributed by atoms with van der Waals surface area (Å²) in [4.78, 5) is 2.49. The Morgan fingerprint density at radius 1 is 1.38 bits per heavy atom. The summed E-state index contributed by atoms with van der Waals surface area (Å²) in [6.07, 6.45) is 1.46. The summed E-state index contributed by atoms with van der Waals surface area (Å²) in [5, 5.41) is 3.58. The molecule has 1 aromatic carbocycles. The molecule has 1 aromatic rings. The zero-order chi connectivity index (χ0) is 15.2. The molecule has 0 saturated carbocycles. The normalized spacial score (nSPS) is 19.3. The highest BCUT2D eigenvalue weighted by atomic mass is 16.5. The molecule has 1 N–H and O–H groups in total. The highest BCUT2D eigenvalue weighted by molar-refractivity contribution is 5.55. The Labute approximate surface area is 129 Å². The fourth-order valence-electron chi connectivity index (χ4n) is 2.85. The fraction of sp³-hybridized carbons (Fsp3) is 0.667. The van der Waals surface area contributed by atoms with Crippen molar-refractivity contribution in [1.29, 1.82) is 0 Å². The molecule has 1 unspecified atom stereocenters. The second-order valence-electron chi connectivity index (χ2n) is 6.50. The molecule has 0 bridgehead atoms. The third-order valence-corrected chi connectivity index (χ3v) is 4.04. The number of benzene rings is 1. The SMILES string of the molecule is CCC1CN(c2ccc(C)cc2CNCC(C)C)CCO1. The Balaban J connectivity index is 2.10. The molecule has 1 fully saturated rings. The molecule has 2 rings (SSSR count). The summed E-state index contributed by atoms with van der Waals surface area (Å²) in [6.45, 7) is 13.7. The van der Waals surface area contributed by atoms with Crippen LogP contribution in [0.15, 0.2) is 18.2 Å². The quantitative estimate of drug-likeness (QED) is 0.869. The van der Waals surface area contributed by atoms with E-state index in [1.54, 1.807) is 0 Å². The number of morpholine rings is 1. The Morgan fingerprint density at radius 2 is 2.19 bits per heavy atom. The van der Waals surface area contributed by atoms with Crippen molar-refractivity contribution in [3.05, 3.63) is 29.3 Å². The van der Waals surface area contributed by atoms with E-state index in [0.29, 0.717) is 12.0 Å². The van der Waals surface area contributed by atoms with Crippen molar-refractivity contribution in [2.75, 3.05) is 31.1 Å². The Bertz CT molecular complexity index is 445. The molecule has 0 aromatic heterocycles. The van der Waals surface area contributed by atoms with Crippen LogP contribution in [0.3, 0.4) is 0 Å². The first-order valence-corrected chi connectivity index (χ1v) is 8.27. The Hall–Kier alpha value is -1.06. The van der Waals surface area contributed by atoms with Crippen LogP contribution in [0.2, 0.25) is 0 Å². The standard InChI is InChI=1S/C18H30N2O/c1-5-17-13-20(8-9-21-17)18-7-6-15(4)10-16(18)12-19-11-14(2)3/h6-7,10,14,17,19H,5,8-9,11-13H2,1-4H3. The van der Waals surface area contributed by atoms with Crippen LogP contribution in [0.4, 0.5) is 5.69 Å². The lowest BCUT2D eigenvalue weighted by atomic mass is 10.1. The third kappa shape index (κ3) is 4.72. The smallest absolute Gasteiger partial charge is 0.0748 e. The van der Waals surface area contributed by atoms with Gasteiger partial charge < -0.3 is 15.0 Å². The van der Waals surface area contributed by atoms with Gasteiger partial charge in [0, 0.05) is 25.3 Å². The topological polar surface area (TPSA) is 24.5 Å². The molecule has 1 aliphatic rings. The highest BCUT2D eigenvalue weighted by Gasteiger charge is 2.21. The van der Waals surface area contributed by atoms with Gasteiger partial charge in [0.25, 0.3) is 0 Å². The van der Waals surface area contributed by atoms with Gasteiger partial charge in [0.2, 0.25) is 0 Å². The molecule has 1 atom stereocenters. The van der Waals surface area contributed by atoms with E-state index in [0.717, 1.165) is 39.2 Å². The summed E-state index contributed by atoms with van der Waals surface area (Å²) < 4.78 is 5.80. The molecule has 0 aliphatic carbocycles. The minimum absolute atomic E-state index is 0.372. The first-order chi connectivity index (χ1) is 10.1. The van der Waals surface area contributed by atoms with E-state index in [-0.39, 0.29) is 0 Å². The van der Waals surface area contributed by atoms with Crippen LogP contribution in [0.25, 0.3) is 0 Å². The number of anilines is 1. The van der Waals surface area contributed by atoms with Crippen LogP contribution in [0.1, 0.15) is 38.3 Å². The third-order valence-electron chi connectivity index (χ3n) is 4.04. The van der Waals surface area contributed by atoms with Crippen molar-refractivity contribution in [2.45, 2.75) is 46.8 Å². The second kappa shape index (κ2) is 7.81. The average Bonchev–Trinajstić information content (AvgIpc) is 2.47. The van der Waals surface area contributed by atoms with Crippen LogP contribution in [-0.4, -0.2) is 32.3 Å². The maximum atomic E-state index is 5.80. The van der Waals surface area contributed by atoms with Crippen LogP contribution in [0, 0.1) is 12.8 Å². The van der Waals surface area contributed by atoms with Gasteiger partial charge in [0.15, 0.2) is 0 Å². The summed E-state index contributed by atoms with van der Waals surface area (Å²) in [7, 11) is 0. The predicted octanol–water partition coefficient (Wildman–Crippen LogP) is 3.36. The summed E-state index contributed by atoms with van der Waals surface area (Å²) in [6, 6.07) is 6.82. The summed E-state index contributed by atoms with van der Waals surface area (Å²) in [5.41, 5.74) is 4.12. The van der Waals surface area contributed by atoms with Gasteiger partial charge in [-0.2, -0.15) is 0 Å². The molecule has 1 heterocycles. The first-order valence-electron chi connectivity index (χ1n) is 8.27. The zero-order valence-corrected chi connectivity index (χ0v) is 14.0. The molecule has 0 amide bonds. The average molecular weight is 290 g/mol. The van der Waals surface area contributed by atoms with Crippen molar-refractivity contribution >= 4 is 5.69 Å². The molecule has 0 spiro atoms. The largest absolute Gasteiger partial charge is 0.375 e. The minimum atomic E-state index is 0.372. The summed E-state index contributed by atoms with van der Waals surface area (Å²) in [5.74, 6) is 0.686. The van der Waals surface area contributed by atoms with Gasteiger partial charge in [-0.15, -0.1) is 0 Å². The summed E-state index contributed by atoms with van der Waals surface area (Å²) >= 11 is 0. The Kier molecular flexibility index (Phi) is 6.07. The maximum absolute atomic E-state index is 5.80. The molecule has 3 heteroatoms. The van der Waals surface area contributed by atoms with Gasteiger partial charge >= 0.3 is 0 Å². The number of rotatable bonds is 6. The first kappa shape index (κ1) is 16.3. The van der Waals surface area contributed by atoms with E-state index < -0.39 is 0 Å². The molecular weight excluding hydrogens is 260 g/mol. The van der Waals surface area contributed by atoms with Crippen molar-refractivity contribution in [1.82, 2.24) is 5.32 Å². The molecule has 0 radical (unpaired) electrons. The molecule has 1 saturated heterocycles. The fourth-order valence-corrected chi connectivity index (χ4v) is 2.85. The van der Waals surface area contributed by atoms with Gasteiger partial charge in [-0.1, -0.05) is 38.5 Å². The molecule has 21 heavy (non-hydrogen) atoms. The van der Waals surface area contributed by atoms with Crippen LogP contribution in [-0.2, 0) is 11.3 Å². The van der Waals surface area contributed by atoms with E-state index in [4.69, 9.17) is 4.74 Å². The van der Waals surface area contributed by atoms with Crippen molar-refractivity contribution in [3.8, 4) is 0 Å². The predicted molar refractivity (Wildman–Crippen MR) is 90.0 cm³/mol. The lowest BCUT2D eigenvalue weighted by molar-refractivity contribution is 0.0384. The van der Waals surface area contributed by atoms with E-state index in [2.05, 4.69) is 56.1 Å². The second-order valence-corrected chi connectivity index (χ2v) is 6.50. The molecule has 118 valence electrons. The number of nitrogens with zero attached hydrogens (tertiary/aromatic N) is 1. The lowest BCUT2D eigenvalue weighted by Crippen LogP contribution is -2.42. The monoisotopic (exact) mass is 290 g/mol. The van der Waals surface area contributed by atoms with Gasteiger partial charge in [-0.05, 0) is 37.4 Å². The number of hydrogen-bond donors (Lipinski definition) is 1. The van der Waals surface area contributed by atoms with Crippen LogP contribution < -0.4 is 10.2 Å². The molecule has 3 nitrogen and oxygen atoms in total.